The molecular formula is C19H13N5O5. The van der Waals surface area contributed by atoms with Crippen molar-refractivity contribution in [3.8, 4) is 35.4 Å². The number of aromatic nitrogens is 3. The van der Waals surface area contributed by atoms with E-state index in [2.05, 4.69) is 4.98 Å². The van der Waals surface area contributed by atoms with Gasteiger partial charge in [-0.2, -0.15) is 0 Å². The number of nitriles is 2. The number of hydrogen-bond acceptors (Lipinski definition) is 7. The highest BCUT2D eigenvalue weighted by Gasteiger charge is 2.15. The van der Waals surface area contributed by atoms with Crippen LogP contribution in [0, 0.1) is 36.9 Å². The lowest BCUT2D eigenvalue weighted by atomic mass is 10.2. The summed E-state index contributed by atoms with van der Waals surface area (Å²) in [7, 11) is 0. The fourth-order valence-corrected chi connectivity index (χ4v) is 2.71. The number of aryl methyl sites for hydroxylation is 2. The smallest absolute Gasteiger partial charge is 0.345 e. The lowest BCUT2D eigenvalue weighted by molar-refractivity contribution is 0.502. The first-order chi connectivity index (χ1) is 13.9. The Hall–Kier alpha value is -4.57. The fraction of sp³-hybridized carbons (Fsp3) is 0.105. The molecule has 0 atom stereocenters. The van der Waals surface area contributed by atoms with Gasteiger partial charge in [0.2, 0.25) is 0 Å². The Morgan fingerprint density at radius 3 is 1.59 bits per heavy atom. The summed E-state index contributed by atoms with van der Waals surface area (Å²) >= 11 is 0. The first-order valence-corrected chi connectivity index (χ1v) is 8.19. The second kappa shape index (κ2) is 7.58. The lowest BCUT2D eigenvalue weighted by Crippen LogP contribution is -2.48. The molecule has 29 heavy (non-hydrogen) atoms. The van der Waals surface area contributed by atoms with Crippen molar-refractivity contribution in [2.75, 3.05) is 0 Å². The minimum Gasteiger partial charge on any atom is -0.388 e. The Balaban J connectivity index is 2.28. The molecule has 0 aliphatic carbocycles. The predicted octanol–water partition coefficient (Wildman–Crippen LogP) is 1.01. The number of rotatable bonds is 4. The molecule has 0 saturated heterocycles. The molecule has 3 rings (SSSR count). The number of nitrogens with one attached hydrogen (secondary N) is 1. The third-order valence-corrected chi connectivity index (χ3v) is 4.17. The van der Waals surface area contributed by atoms with Crippen LogP contribution in [0.15, 0.2) is 50.8 Å². The minimum absolute atomic E-state index is 0.0986. The van der Waals surface area contributed by atoms with Crippen molar-refractivity contribution < 1.29 is 9.47 Å². The Morgan fingerprint density at radius 1 is 0.793 bits per heavy atom. The molecule has 0 unspecified atom stereocenters. The van der Waals surface area contributed by atoms with E-state index in [4.69, 9.17) is 20.0 Å². The molecule has 0 fully saturated rings. The zero-order valence-corrected chi connectivity index (χ0v) is 15.3. The van der Waals surface area contributed by atoms with Gasteiger partial charge in [0.1, 0.15) is 11.5 Å². The molecule has 144 valence electrons. The zero-order valence-electron chi connectivity index (χ0n) is 15.3. The van der Waals surface area contributed by atoms with Crippen molar-refractivity contribution >= 4 is 0 Å². The molecule has 0 radical (unpaired) electrons. The molecule has 0 aliphatic heterocycles. The van der Waals surface area contributed by atoms with Gasteiger partial charge in [0.05, 0.1) is 11.4 Å². The summed E-state index contributed by atoms with van der Waals surface area (Å²) < 4.78 is 11.1. The predicted molar refractivity (Wildman–Crippen MR) is 100 cm³/mol. The van der Waals surface area contributed by atoms with Gasteiger partial charge in [0.15, 0.2) is 0 Å². The molecule has 0 saturated carbocycles. The highest BCUT2D eigenvalue weighted by atomic mass is 16.5. The monoisotopic (exact) mass is 391 g/mol. The Labute approximate surface area is 163 Å². The van der Waals surface area contributed by atoms with Crippen molar-refractivity contribution in [2.24, 2.45) is 0 Å². The molecule has 0 bridgehead atoms. The molecule has 0 aliphatic rings. The number of ether oxygens (including phenoxy) is 2. The molecule has 10 nitrogen and oxygen atoms in total. The van der Waals surface area contributed by atoms with Crippen LogP contribution in [0.4, 0.5) is 0 Å². The maximum Gasteiger partial charge on any atom is 0.345 e. The van der Waals surface area contributed by atoms with E-state index in [1.807, 2.05) is 0 Å². The minimum atomic E-state index is -0.955. The third-order valence-electron chi connectivity index (χ3n) is 4.17. The van der Waals surface area contributed by atoms with Crippen molar-refractivity contribution in [3.63, 3.8) is 0 Å². The van der Waals surface area contributed by atoms with E-state index >= 15 is 0 Å². The van der Waals surface area contributed by atoms with Crippen LogP contribution in [0.1, 0.15) is 11.1 Å². The van der Waals surface area contributed by atoms with Crippen LogP contribution < -0.4 is 26.5 Å². The van der Waals surface area contributed by atoms with Crippen LogP contribution in [0.3, 0.4) is 0 Å². The van der Waals surface area contributed by atoms with E-state index in [9.17, 15) is 14.4 Å². The van der Waals surface area contributed by atoms with Crippen LogP contribution in [0.2, 0.25) is 0 Å². The van der Waals surface area contributed by atoms with E-state index in [1.54, 1.807) is 26.0 Å². The SMILES string of the molecule is Cc1ccc(-n2c(=O)[nH]c(=O)n(-c3ccc(C)c(OC#N)c3)c2=O)cc1OC#N. The van der Waals surface area contributed by atoms with Crippen LogP contribution in [-0.4, -0.2) is 14.1 Å². The van der Waals surface area contributed by atoms with Crippen LogP contribution in [0.5, 0.6) is 11.5 Å². The maximum absolute atomic E-state index is 13.0. The van der Waals surface area contributed by atoms with Gasteiger partial charge < -0.3 is 9.47 Å². The highest BCUT2D eigenvalue weighted by molar-refractivity contribution is 5.46. The average molecular weight is 391 g/mol. The fourth-order valence-electron chi connectivity index (χ4n) is 2.71. The summed E-state index contributed by atoms with van der Waals surface area (Å²) in [6, 6.07) is 8.75. The number of nitrogens with zero attached hydrogens (tertiary/aromatic N) is 4. The topological polar surface area (TPSA) is 143 Å². The first kappa shape index (κ1) is 19.2. The van der Waals surface area contributed by atoms with Gasteiger partial charge in [-0.15, -0.1) is 10.5 Å². The Kier molecular flexibility index (Phi) is 5.02. The van der Waals surface area contributed by atoms with E-state index in [0.29, 0.717) is 11.1 Å². The zero-order chi connectivity index (χ0) is 21.1. The quantitative estimate of drug-likeness (QED) is 0.654. The van der Waals surface area contributed by atoms with Crippen LogP contribution in [0.25, 0.3) is 11.4 Å². The summed E-state index contributed by atoms with van der Waals surface area (Å²) in [5.74, 6) is 0.322. The second-order valence-corrected chi connectivity index (χ2v) is 5.97. The summed E-state index contributed by atoms with van der Waals surface area (Å²) in [4.78, 5) is 39.8. The van der Waals surface area contributed by atoms with Crippen molar-refractivity contribution in [1.29, 1.82) is 10.5 Å². The standard InChI is InChI=1S/C19H13N5O5/c1-11-3-5-13(7-15(11)28-9-20)23-17(25)22-18(26)24(19(23)27)14-6-4-12(2)16(8-14)29-10-21/h3-8H,1-2H3,(H,22,25,26). The van der Waals surface area contributed by atoms with Gasteiger partial charge in [-0.1, -0.05) is 12.1 Å². The van der Waals surface area contributed by atoms with E-state index in [1.165, 1.54) is 36.8 Å². The Morgan fingerprint density at radius 2 is 1.21 bits per heavy atom. The first-order valence-electron chi connectivity index (χ1n) is 8.19. The second-order valence-electron chi connectivity index (χ2n) is 5.97. The van der Waals surface area contributed by atoms with Gasteiger partial charge in [0, 0.05) is 12.1 Å². The molecule has 2 aromatic carbocycles. The van der Waals surface area contributed by atoms with Gasteiger partial charge in [-0.25, -0.2) is 23.5 Å². The Bertz CT molecular complexity index is 1270. The molecule has 3 aromatic rings. The van der Waals surface area contributed by atoms with Gasteiger partial charge >= 0.3 is 17.1 Å². The normalized spacial score (nSPS) is 10.1. The van der Waals surface area contributed by atoms with Gasteiger partial charge in [0.25, 0.3) is 12.5 Å². The van der Waals surface area contributed by atoms with E-state index in [-0.39, 0.29) is 22.9 Å². The van der Waals surface area contributed by atoms with Crippen LogP contribution in [-0.2, 0) is 0 Å². The summed E-state index contributed by atoms with van der Waals surface area (Å²) in [5.41, 5.74) is -1.43. The maximum atomic E-state index is 13.0. The average Bonchev–Trinajstić information content (AvgIpc) is 2.66. The lowest BCUT2D eigenvalue weighted by Gasteiger charge is -2.11. The number of benzene rings is 2. The largest absolute Gasteiger partial charge is 0.388 e. The van der Waals surface area contributed by atoms with Gasteiger partial charge in [-0.3, -0.25) is 4.98 Å². The van der Waals surface area contributed by atoms with Gasteiger partial charge in [-0.05, 0) is 37.1 Å². The molecule has 1 N–H and O–H groups in total. The summed E-state index contributed by atoms with van der Waals surface area (Å²) in [5, 5.41) is 17.5. The highest BCUT2D eigenvalue weighted by Crippen LogP contribution is 2.22. The van der Waals surface area contributed by atoms with Crippen LogP contribution >= 0.6 is 0 Å². The number of H-pyrrole nitrogens is 1. The third kappa shape index (κ3) is 3.50. The summed E-state index contributed by atoms with van der Waals surface area (Å²) in [6.07, 6.45) is 3.07. The number of hydrogen-bond donors (Lipinski definition) is 1. The van der Waals surface area contributed by atoms with Crippen molar-refractivity contribution in [2.45, 2.75) is 13.8 Å². The number of aromatic amines is 1. The summed E-state index contributed by atoms with van der Waals surface area (Å²) in [6.45, 7) is 3.38. The molecular weight excluding hydrogens is 378 g/mol. The van der Waals surface area contributed by atoms with Crippen molar-refractivity contribution in [1.82, 2.24) is 14.1 Å². The molecule has 1 aromatic heterocycles. The molecule has 0 amide bonds. The molecule has 1 heterocycles. The van der Waals surface area contributed by atoms with Crippen molar-refractivity contribution in [3.05, 3.63) is 79.0 Å². The molecule has 10 heteroatoms. The van der Waals surface area contributed by atoms with E-state index < -0.39 is 17.1 Å². The molecule has 0 spiro atoms. The van der Waals surface area contributed by atoms with E-state index in [0.717, 1.165) is 9.13 Å².